The number of hydrogen-bond acceptors (Lipinski definition) is 2. The number of anilines is 1. The summed E-state index contributed by atoms with van der Waals surface area (Å²) < 4.78 is 6.12. The van der Waals surface area contributed by atoms with E-state index in [0.29, 0.717) is 17.6 Å². The molecule has 2 aliphatic rings. The van der Waals surface area contributed by atoms with Crippen LogP contribution in [0.25, 0.3) is 0 Å². The third kappa shape index (κ3) is 2.01. The monoisotopic (exact) mass is 231 g/mol. The highest BCUT2D eigenvalue weighted by molar-refractivity contribution is 5.60. The molecular formula is C15H21NO. The molecule has 0 aromatic heterocycles. The first-order chi connectivity index (χ1) is 8.03. The van der Waals surface area contributed by atoms with Gasteiger partial charge in [-0.2, -0.15) is 0 Å². The topological polar surface area (TPSA) is 21.3 Å². The van der Waals surface area contributed by atoms with Crippen molar-refractivity contribution in [1.82, 2.24) is 0 Å². The molecule has 1 fully saturated rings. The van der Waals surface area contributed by atoms with Crippen LogP contribution >= 0.6 is 0 Å². The second-order valence-corrected chi connectivity index (χ2v) is 6.31. The molecule has 92 valence electrons. The summed E-state index contributed by atoms with van der Waals surface area (Å²) in [5.74, 6) is 1.02. The molecule has 1 aromatic rings. The van der Waals surface area contributed by atoms with Gasteiger partial charge in [-0.25, -0.2) is 0 Å². The summed E-state index contributed by atoms with van der Waals surface area (Å²) in [4.78, 5) is 0. The van der Waals surface area contributed by atoms with Gasteiger partial charge >= 0.3 is 0 Å². The van der Waals surface area contributed by atoms with Gasteiger partial charge in [0, 0.05) is 0 Å². The van der Waals surface area contributed by atoms with Crippen LogP contribution in [0.1, 0.15) is 38.7 Å². The third-order valence-electron chi connectivity index (χ3n) is 4.08. The zero-order valence-electron chi connectivity index (χ0n) is 10.9. The summed E-state index contributed by atoms with van der Waals surface area (Å²) in [5, 5.41) is 3.67. The minimum Gasteiger partial charge on any atom is -0.486 e. The van der Waals surface area contributed by atoms with Crippen LogP contribution in [0.15, 0.2) is 18.2 Å². The van der Waals surface area contributed by atoms with Crippen LogP contribution < -0.4 is 10.1 Å². The lowest BCUT2D eigenvalue weighted by atomic mass is 9.73. The Bertz CT molecular complexity index is 439. The van der Waals surface area contributed by atoms with E-state index >= 15 is 0 Å². The highest BCUT2D eigenvalue weighted by Crippen LogP contribution is 2.42. The number of nitrogens with one attached hydrogen (secondary N) is 1. The lowest BCUT2D eigenvalue weighted by Crippen LogP contribution is -2.47. The van der Waals surface area contributed by atoms with Crippen LogP contribution in [0, 0.1) is 12.3 Å². The Kier molecular flexibility index (Phi) is 2.35. The van der Waals surface area contributed by atoms with Gasteiger partial charge in [-0.05, 0) is 49.3 Å². The number of ether oxygens (including phenoxy) is 1. The standard InChI is InChI=1S/C15H21NO/c1-10-4-5-13-11(8-10)16-12-9-15(2,3)7-6-14(12)17-13/h4-5,8,12,14,16H,6-7,9H2,1-3H3. The van der Waals surface area contributed by atoms with Crippen molar-refractivity contribution in [2.75, 3.05) is 5.32 Å². The van der Waals surface area contributed by atoms with Gasteiger partial charge in [0.2, 0.25) is 0 Å². The lowest BCUT2D eigenvalue weighted by Gasteiger charge is -2.44. The van der Waals surface area contributed by atoms with Crippen molar-refractivity contribution in [2.24, 2.45) is 5.41 Å². The van der Waals surface area contributed by atoms with E-state index in [0.717, 1.165) is 12.2 Å². The molecule has 2 unspecified atom stereocenters. The van der Waals surface area contributed by atoms with Crippen molar-refractivity contribution in [1.29, 1.82) is 0 Å². The maximum absolute atomic E-state index is 6.12. The van der Waals surface area contributed by atoms with Gasteiger partial charge < -0.3 is 10.1 Å². The zero-order valence-corrected chi connectivity index (χ0v) is 10.9. The van der Waals surface area contributed by atoms with Crippen LogP contribution in [0.5, 0.6) is 5.75 Å². The number of rotatable bonds is 0. The van der Waals surface area contributed by atoms with Crippen molar-refractivity contribution in [3.63, 3.8) is 0 Å². The quantitative estimate of drug-likeness (QED) is 0.734. The molecule has 0 radical (unpaired) electrons. The molecule has 0 bridgehead atoms. The van der Waals surface area contributed by atoms with E-state index in [1.54, 1.807) is 0 Å². The fourth-order valence-corrected chi connectivity index (χ4v) is 3.07. The fraction of sp³-hybridized carbons (Fsp3) is 0.600. The van der Waals surface area contributed by atoms with E-state index in [1.807, 2.05) is 0 Å². The number of hydrogen-bond donors (Lipinski definition) is 1. The largest absolute Gasteiger partial charge is 0.486 e. The van der Waals surface area contributed by atoms with Crippen molar-refractivity contribution in [3.8, 4) is 5.75 Å². The first-order valence-corrected chi connectivity index (χ1v) is 6.57. The van der Waals surface area contributed by atoms with E-state index in [4.69, 9.17) is 4.74 Å². The summed E-state index contributed by atoms with van der Waals surface area (Å²) in [6, 6.07) is 6.88. The molecule has 2 atom stereocenters. The molecule has 1 N–H and O–H groups in total. The van der Waals surface area contributed by atoms with E-state index in [9.17, 15) is 0 Å². The summed E-state index contributed by atoms with van der Waals surface area (Å²) in [6.07, 6.45) is 3.98. The Balaban J connectivity index is 1.88. The van der Waals surface area contributed by atoms with E-state index in [-0.39, 0.29) is 0 Å². The molecule has 2 heteroatoms. The number of aryl methyl sites for hydroxylation is 1. The van der Waals surface area contributed by atoms with Crippen molar-refractivity contribution in [2.45, 2.75) is 52.2 Å². The summed E-state index contributed by atoms with van der Waals surface area (Å²) in [6.45, 7) is 6.84. The molecule has 0 saturated heterocycles. The van der Waals surface area contributed by atoms with Gasteiger partial charge in [0.1, 0.15) is 11.9 Å². The molecular weight excluding hydrogens is 210 g/mol. The van der Waals surface area contributed by atoms with Gasteiger partial charge in [-0.3, -0.25) is 0 Å². The maximum Gasteiger partial charge on any atom is 0.142 e. The van der Waals surface area contributed by atoms with Crippen LogP contribution in [0.3, 0.4) is 0 Å². The van der Waals surface area contributed by atoms with Crippen LogP contribution in [0.4, 0.5) is 5.69 Å². The third-order valence-corrected chi connectivity index (χ3v) is 4.08. The normalized spacial score (nSPS) is 29.6. The zero-order chi connectivity index (χ0) is 12.0. The van der Waals surface area contributed by atoms with Crippen LogP contribution in [-0.2, 0) is 0 Å². The molecule has 17 heavy (non-hydrogen) atoms. The van der Waals surface area contributed by atoms with Gasteiger partial charge in [-0.15, -0.1) is 0 Å². The molecule has 3 rings (SSSR count). The van der Waals surface area contributed by atoms with E-state index in [2.05, 4.69) is 44.3 Å². The Morgan fingerprint density at radius 2 is 2.18 bits per heavy atom. The Morgan fingerprint density at radius 3 is 3.00 bits per heavy atom. The Labute approximate surface area is 103 Å². The first kappa shape index (κ1) is 10.9. The van der Waals surface area contributed by atoms with Crippen molar-refractivity contribution < 1.29 is 4.74 Å². The molecule has 1 aliphatic heterocycles. The highest BCUT2D eigenvalue weighted by atomic mass is 16.5. The Hall–Kier alpha value is -1.18. The van der Waals surface area contributed by atoms with E-state index < -0.39 is 0 Å². The minimum absolute atomic E-state index is 0.359. The molecule has 1 aliphatic carbocycles. The minimum atomic E-state index is 0.359. The molecule has 0 amide bonds. The van der Waals surface area contributed by atoms with Crippen molar-refractivity contribution in [3.05, 3.63) is 23.8 Å². The Morgan fingerprint density at radius 1 is 1.35 bits per heavy atom. The van der Waals surface area contributed by atoms with Crippen molar-refractivity contribution >= 4 is 5.69 Å². The van der Waals surface area contributed by atoms with E-state index in [1.165, 1.54) is 24.1 Å². The predicted molar refractivity (Wildman–Crippen MR) is 70.6 cm³/mol. The van der Waals surface area contributed by atoms with Crippen LogP contribution in [-0.4, -0.2) is 12.1 Å². The van der Waals surface area contributed by atoms with Gasteiger partial charge in [-0.1, -0.05) is 19.9 Å². The second-order valence-electron chi connectivity index (χ2n) is 6.31. The summed E-state index contributed by atoms with van der Waals surface area (Å²) >= 11 is 0. The number of fused-ring (bicyclic) bond motifs is 2. The first-order valence-electron chi connectivity index (χ1n) is 6.57. The number of benzene rings is 1. The lowest BCUT2D eigenvalue weighted by molar-refractivity contribution is 0.0777. The summed E-state index contributed by atoms with van der Waals surface area (Å²) in [7, 11) is 0. The molecule has 1 aromatic carbocycles. The smallest absolute Gasteiger partial charge is 0.142 e. The molecule has 1 saturated carbocycles. The van der Waals surface area contributed by atoms with Gasteiger partial charge in [0.15, 0.2) is 0 Å². The second kappa shape index (κ2) is 3.66. The van der Waals surface area contributed by atoms with Gasteiger partial charge in [0.05, 0.1) is 11.7 Å². The van der Waals surface area contributed by atoms with Gasteiger partial charge in [0.25, 0.3) is 0 Å². The average Bonchev–Trinajstić information content (AvgIpc) is 2.25. The fourth-order valence-electron chi connectivity index (χ4n) is 3.07. The highest BCUT2D eigenvalue weighted by Gasteiger charge is 2.38. The molecule has 1 heterocycles. The molecule has 2 nitrogen and oxygen atoms in total. The maximum atomic E-state index is 6.12. The molecule has 0 spiro atoms. The SMILES string of the molecule is Cc1ccc2c(c1)NC1CC(C)(C)CCC1O2. The average molecular weight is 231 g/mol. The predicted octanol–water partition coefficient (Wildman–Crippen LogP) is 3.75. The van der Waals surface area contributed by atoms with Crippen LogP contribution in [0.2, 0.25) is 0 Å². The summed E-state index contributed by atoms with van der Waals surface area (Å²) in [5.41, 5.74) is 2.90.